The number of β-amino-alcohol motifs (C(OH)–C–C–N with tert-alkyl or cyclic N) is 1. The minimum Gasteiger partial charge on any atom is -0.389 e. The molecule has 0 spiro atoms. The lowest BCUT2D eigenvalue weighted by Gasteiger charge is -2.44. The highest BCUT2D eigenvalue weighted by Gasteiger charge is 2.43. The first kappa shape index (κ1) is 15.5. The molecule has 1 fully saturated rings. The summed E-state index contributed by atoms with van der Waals surface area (Å²) in [5, 5.41) is 10.3. The second kappa shape index (κ2) is 4.83. The van der Waals surface area contributed by atoms with Gasteiger partial charge in [0.1, 0.15) is 0 Å². The highest BCUT2D eigenvalue weighted by atomic mass is 32.2. The molecule has 5 heteroatoms. The summed E-state index contributed by atoms with van der Waals surface area (Å²) in [6.07, 6.45) is 0.597. The third-order valence-corrected chi connectivity index (χ3v) is 5.45. The number of nitrogens with zero attached hydrogens (tertiary/aromatic N) is 1. The van der Waals surface area contributed by atoms with E-state index in [1.807, 2.05) is 20.8 Å². The topological polar surface area (TPSA) is 57.6 Å². The second-order valence-electron chi connectivity index (χ2n) is 6.92. The fourth-order valence-electron chi connectivity index (χ4n) is 3.09. The molecule has 0 saturated carbocycles. The molecule has 1 aliphatic rings. The van der Waals surface area contributed by atoms with E-state index in [9.17, 15) is 13.5 Å². The fourth-order valence-corrected chi connectivity index (χ4v) is 4.83. The van der Waals surface area contributed by atoms with Crippen molar-refractivity contribution in [1.29, 1.82) is 0 Å². The molecule has 1 atom stereocenters. The van der Waals surface area contributed by atoms with E-state index >= 15 is 0 Å². The average molecular weight is 297 g/mol. The van der Waals surface area contributed by atoms with Gasteiger partial charge in [-0.2, -0.15) is 4.31 Å². The van der Waals surface area contributed by atoms with Crippen molar-refractivity contribution < 1.29 is 13.5 Å². The second-order valence-corrected chi connectivity index (χ2v) is 8.86. The van der Waals surface area contributed by atoms with Gasteiger partial charge in [-0.1, -0.05) is 31.5 Å². The third kappa shape index (κ3) is 3.22. The van der Waals surface area contributed by atoms with Crippen LogP contribution in [0.15, 0.2) is 29.2 Å². The largest absolute Gasteiger partial charge is 0.389 e. The van der Waals surface area contributed by atoms with Crippen molar-refractivity contribution >= 4 is 10.0 Å². The van der Waals surface area contributed by atoms with E-state index in [1.54, 1.807) is 31.2 Å². The van der Waals surface area contributed by atoms with Crippen LogP contribution in [0.1, 0.15) is 32.8 Å². The highest BCUT2D eigenvalue weighted by molar-refractivity contribution is 7.89. The molecule has 0 aliphatic carbocycles. The molecule has 0 bridgehead atoms. The van der Waals surface area contributed by atoms with Crippen LogP contribution in [0.4, 0.5) is 0 Å². The first-order chi connectivity index (χ1) is 9.02. The monoisotopic (exact) mass is 297 g/mol. The van der Waals surface area contributed by atoms with E-state index in [-0.39, 0.29) is 16.9 Å². The van der Waals surface area contributed by atoms with Gasteiger partial charge in [-0.3, -0.25) is 0 Å². The summed E-state index contributed by atoms with van der Waals surface area (Å²) in [5.41, 5.74) is -0.200. The molecule has 1 aliphatic heterocycles. The molecule has 0 radical (unpaired) electrons. The highest BCUT2D eigenvalue weighted by Crippen LogP contribution is 2.36. The molecule has 112 valence electrons. The molecule has 20 heavy (non-hydrogen) atoms. The van der Waals surface area contributed by atoms with E-state index < -0.39 is 15.6 Å². The number of rotatable bonds is 2. The molecule has 1 aromatic rings. The summed E-state index contributed by atoms with van der Waals surface area (Å²) in [6, 6.07) is 6.84. The molecule has 4 nitrogen and oxygen atoms in total. The minimum atomic E-state index is -3.55. The molecule has 1 aromatic carbocycles. The van der Waals surface area contributed by atoms with Crippen molar-refractivity contribution in [2.75, 3.05) is 13.1 Å². The predicted octanol–water partition coefficient (Wildman–Crippen LogP) is 2.17. The zero-order valence-corrected chi connectivity index (χ0v) is 13.4. The summed E-state index contributed by atoms with van der Waals surface area (Å²) in [7, 11) is -3.55. The van der Waals surface area contributed by atoms with E-state index in [0.717, 1.165) is 5.56 Å². The van der Waals surface area contributed by atoms with E-state index in [1.165, 1.54) is 4.31 Å². The Morgan fingerprint density at radius 3 is 2.15 bits per heavy atom. The Morgan fingerprint density at radius 1 is 1.10 bits per heavy atom. The Labute approximate surface area is 121 Å². The number of benzene rings is 1. The maximum atomic E-state index is 12.7. The molecular weight excluding hydrogens is 274 g/mol. The number of hydrogen-bond acceptors (Lipinski definition) is 3. The molecule has 1 unspecified atom stereocenters. The summed E-state index contributed by atoms with van der Waals surface area (Å²) in [6.45, 7) is 8.17. The van der Waals surface area contributed by atoms with Crippen LogP contribution in [0.2, 0.25) is 0 Å². The normalized spacial score (nSPS) is 27.4. The standard InChI is InChI=1S/C15H23NO3S/c1-12-5-7-13(8-6-12)20(18,19)16-10-14(2,3)9-15(4,17)11-16/h5-8,17H,9-11H2,1-4H3. The lowest BCUT2D eigenvalue weighted by molar-refractivity contribution is -0.0386. The van der Waals surface area contributed by atoms with Gasteiger partial charge in [0.2, 0.25) is 10.0 Å². The number of aliphatic hydroxyl groups is 1. The van der Waals surface area contributed by atoms with Gasteiger partial charge in [-0.15, -0.1) is 0 Å². The molecule has 2 rings (SSSR count). The lowest BCUT2D eigenvalue weighted by atomic mass is 9.78. The van der Waals surface area contributed by atoms with Gasteiger partial charge in [0.15, 0.2) is 0 Å². The summed E-state index contributed by atoms with van der Waals surface area (Å²) in [5.74, 6) is 0. The summed E-state index contributed by atoms with van der Waals surface area (Å²) in [4.78, 5) is 0.289. The Kier molecular flexibility index (Phi) is 3.73. The fraction of sp³-hybridized carbons (Fsp3) is 0.600. The molecular formula is C15H23NO3S. The van der Waals surface area contributed by atoms with Crippen molar-refractivity contribution in [1.82, 2.24) is 4.31 Å². The average Bonchev–Trinajstić information content (AvgIpc) is 2.25. The molecule has 0 aromatic heterocycles. The quantitative estimate of drug-likeness (QED) is 0.910. The first-order valence-corrected chi connectivity index (χ1v) is 8.25. The van der Waals surface area contributed by atoms with Crippen molar-refractivity contribution in [3.63, 3.8) is 0 Å². The smallest absolute Gasteiger partial charge is 0.243 e. The summed E-state index contributed by atoms with van der Waals surface area (Å²) >= 11 is 0. The van der Waals surface area contributed by atoms with E-state index in [4.69, 9.17) is 0 Å². The zero-order valence-electron chi connectivity index (χ0n) is 12.5. The van der Waals surface area contributed by atoms with Gasteiger partial charge in [0.25, 0.3) is 0 Å². The Hall–Kier alpha value is -0.910. The number of sulfonamides is 1. The van der Waals surface area contributed by atoms with E-state index in [0.29, 0.717) is 13.0 Å². The Bertz CT molecular complexity index is 572. The first-order valence-electron chi connectivity index (χ1n) is 6.81. The van der Waals surface area contributed by atoms with Crippen LogP contribution in [0, 0.1) is 12.3 Å². The van der Waals surface area contributed by atoms with Gasteiger partial charge in [-0.25, -0.2) is 8.42 Å². The zero-order chi connectivity index (χ0) is 15.2. The number of hydrogen-bond donors (Lipinski definition) is 1. The predicted molar refractivity (Wildman–Crippen MR) is 79.0 cm³/mol. The van der Waals surface area contributed by atoms with Crippen LogP contribution in [0.3, 0.4) is 0 Å². The van der Waals surface area contributed by atoms with Crippen LogP contribution in [-0.2, 0) is 10.0 Å². The van der Waals surface area contributed by atoms with Crippen molar-refractivity contribution in [3.05, 3.63) is 29.8 Å². The molecule has 1 saturated heterocycles. The van der Waals surface area contributed by atoms with Gasteiger partial charge in [0, 0.05) is 13.1 Å². The molecule has 1 N–H and O–H groups in total. The van der Waals surface area contributed by atoms with Crippen LogP contribution in [0.5, 0.6) is 0 Å². The SMILES string of the molecule is Cc1ccc(S(=O)(=O)N2CC(C)(C)CC(C)(O)C2)cc1. The van der Waals surface area contributed by atoms with Crippen molar-refractivity contribution in [2.45, 2.75) is 44.6 Å². The maximum absolute atomic E-state index is 12.7. The van der Waals surface area contributed by atoms with Crippen LogP contribution < -0.4 is 0 Å². The van der Waals surface area contributed by atoms with Gasteiger partial charge < -0.3 is 5.11 Å². The van der Waals surface area contributed by atoms with Crippen molar-refractivity contribution in [2.24, 2.45) is 5.41 Å². The van der Waals surface area contributed by atoms with E-state index in [2.05, 4.69) is 0 Å². The third-order valence-electron chi connectivity index (χ3n) is 3.64. The molecule has 1 heterocycles. The summed E-state index contributed by atoms with van der Waals surface area (Å²) < 4.78 is 26.8. The Morgan fingerprint density at radius 2 is 1.65 bits per heavy atom. The van der Waals surface area contributed by atoms with Crippen LogP contribution in [0.25, 0.3) is 0 Å². The minimum absolute atomic E-state index is 0.145. The number of aryl methyl sites for hydroxylation is 1. The molecule has 0 amide bonds. The van der Waals surface area contributed by atoms with Crippen molar-refractivity contribution in [3.8, 4) is 0 Å². The van der Waals surface area contributed by atoms with Gasteiger partial charge >= 0.3 is 0 Å². The van der Waals surface area contributed by atoms with Gasteiger partial charge in [-0.05, 0) is 37.8 Å². The van der Waals surface area contributed by atoms with Crippen LogP contribution >= 0.6 is 0 Å². The Balaban J connectivity index is 2.36. The van der Waals surface area contributed by atoms with Gasteiger partial charge in [0.05, 0.1) is 10.5 Å². The lowest BCUT2D eigenvalue weighted by Crippen LogP contribution is -2.54. The number of piperidine rings is 1. The van der Waals surface area contributed by atoms with Crippen LogP contribution in [-0.4, -0.2) is 36.5 Å². The maximum Gasteiger partial charge on any atom is 0.243 e.